The average Bonchev–Trinajstić information content (AvgIpc) is 2.65. The molecule has 1 N–H and O–H groups in total. The molecule has 4 heteroatoms. The van der Waals surface area contributed by atoms with Gasteiger partial charge in [-0.3, -0.25) is 4.79 Å². The minimum Gasteiger partial charge on any atom is -0.478 e. The molecule has 1 atom stereocenters. The largest absolute Gasteiger partial charge is 0.478 e. The van der Waals surface area contributed by atoms with Crippen molar-refractivity contribution in [2.75, 3.05) is 7.05 Å². The summed E-state index contributed by atoms with van der Waals surface area (Å²) < 4.78 is 0. The molecule has 0 aliphatic heterocycles. The van der Waals surface area contributed by atoms with E-state index in [1.807, 2.05) is 18.0 Å². The number of amides is 1. The summed E-state index contributed by atoms with van der Waals surface area (Å²) in [6.45, 7) is 4.15. The van der Waals surface area contributed by atoms with Gasteiger partial charge in [-0.15, -0.1) is 0 Å². The summed E-state index contributed by atoms with van der Waals surface area (Å²) >= 11 is 0. The molecule has 4 nitrogen and oxygen atoms in total. The van der Waals surface area contributed by atoms with Crippen LogP contribution < -0.4 is 0 Å². The summed E-state index contributed by atoms with van der Waals surface area (Å²) in [6, 6.07) is 15.4. The van der Waals surface area contributed by atoms with E-state index >= 15 is 0 Å². The minimum atomic E-state index is -0.952. The van der Waals surface area contributed by atoms with Crippen LogP contribution >= 0.6 is 0 Å². The molecule has 2 aromatic carbocycles. The molecule has 0 radical (unpaired) electrons. The van der Waals surface area contributed by atoms with Crippen molar-refractivity contribution in [2.24, 2.45) is 0 Å². The van der Waals surface area contributed by atoms with E-state index in [0.29, 0.717) is 18.4 Å². The Labute approximate surface area is 155 Å². The fraction of sp³-hybridized carbons (Fsp3) is 0.364. The molecule has 0 fully saturated rings. The SMILES string of the molecule is CCC(Cc1ccc(C)cc1)N(C)C(=O)CCc1ccccc1C(=O)O. The Kier molecular flexibility index (Phi) is 6.96. The number of carbonyl (C=O) groups excluding carboxylic acids is 1. The van der Waals surface area contributed by atoms with Gasteiger partial charge in [-0.2, -0.15) is 0 Å². The van der Waals surface area contributed by atoms with Gasteiger partial charge in [0.1, 0.15) is 0 Å². The molecule has 138 valence electrons. The molecule has 0 heterocycles. The summed E-state index contributed by atoms with van der Waals surface area (Å²) in [7, 11) is 1.84. The lowest BCUT2D eigenvalue weighted by Gasteiger charge is -2.28. The van der Waals surface area contributed by atoms with Crippen LogP contribution in [-0.4, -0.2) is 35.0 Å². The van der Waals surface area contributed by atoms with E-state index in [-0.39, 0.29) is 17.5 Å². The van der Waals surface area contributed by atoms with Gasteiger partial charge in [0.05, 0.1) is 5.56 Å². The highest BCUT2D eigenvalue weighted by Gasteiger charge is 2.19. The van der Waals surface area contributed by atoms with Gasteiger partial charge in [0.2, 0.25) is 5.91 Å². The van der Waals surface area contributed by atoms with Crippen LogP contribution in [0.3, 0.4) is 0 Å². The van der Waals surface area contributed by atoms with Gasteiger partial charge in [0.15, 0.2) is 0 Å². The maximum absolute atomic E-state index is 12.6. The Bertz CT molecular complexity index is 752. The topological polar surface area (TPSA) is 57.6 Å². The molecule has 0 aromatic heterocycles. The molecule has 0 aliphatic rings. The van der Waals surface area contributed by atoms with Gasteiger partial charge in [-0.05, 0) is 43.4 Å². The predicted molar refractivity (Wildman–Crippen MR) is 103 cm³/mol. The molecule has 1 unspecified atom stereocenters. The Morgan fingerprint density at radius 2 is 1.73 bits per heavy atom. The highest BCUT2D eigenvalue weighted by Crippen LogP contribution is 2.16. The second-order valence-corrected chi connectivity index (χ2v) is 6.72. The zero-order valence-corrected chi connectivity index (χ0v) is 15.7. The van der Waals surface area contributed by atoms with Crippen molar-refractivity contribution in [3.63, 3.8) is 0 Å². The number of aryl methyl sites for hydroxylation is 2. The maximum atomic E-state index is 12.6. The van der Waals surface area contributed by atoms with E-state index in [1.54, 1.807) is 18.2 Å². The number of hydrogen-bond acceptors (Lipinski definition) is 2. The maximum Gasteiger partial charge on any atom is 0.335 e. The standard InChI is InChI=1S/C22H27NO3/c1-4-19(15-17-11-9-16(2)10-12-17)23(3)21(24)14-13-18-7-5-6-8-20(18)22(25)26/h5-12,19H,4,13-15H2,1-3H3,(H,25,26). The molecule has 0 aliphatic carbocycles. The molecule has 0 spiro atoms. The van der Waals surface area contributed by atoms with Crippen LogP contribution in [0.2, 0.25) is 0 Å². The van der Waals surface area contributed by atoms with E-state index in [1.165, 1.54) is 11.1 Å². The first kappa shape index (κ1) is 19.7. The van der Waals surface area contributed by atoms with Gasteiger partial charge in [0, 0.05) is 19.5 Å². The van der Waals surface area contributed by atoms with Crippen LogP contribution in [-0.2, 0) is 17.6 Å². The molecule has 2 aromatic rings. The molecule has 0 saturated carbocycles. The fourth-order valence-corrected chi connectivity index (χ4v) is 3.12. The van der Waals surface area contributed by atoms with Crippen molar-refractivity contribution in [1.82, 2.24) is 4.90 Å². The number of carboxylic acids is 1. The van der Waals surface area contributed by atoms with Crippen molar-refractivity contribution in [3.8, 4) is 0 Å². The zero-order valence-electron chi connectivity index (χ0n) is 15.7. The third-order valence-corrected chi connectivity index (χ3v) is 4.86. The van der Waals surface area contributed by atoms with E-state index in [2.05, 4.69) is 38.1 Å². The van der Waals surface area contributed by atoms with Gasteiger partial charge >= 0.3 is 5.97 Å². The van der Waals surface area contributed by atoms with Crippen molar-refractivity contribution in [2.45, 2.75) is 45.6 Å². The fourth-order valence-electron chi connectivity index (χ4n) is 3.12. The molecule has 0 bridgehead atoms. The molecular formula is C22H27NO3. The van der Waals surface area contributed by atoms with Gasteiger partial charge in [0.25, 0.3) is 0 Å². The summed E-state index contributed by atoms with van der Waals surface area (Å²) in [6.07, 6.45) is 2.45. The Balaban J connectivity index is 1.99. The number of benzene rings is 2. The third kappa shape index (κ3) is 5.19. The van der Waals surface area contributed by atoms with E-state index in [0.717, 1.165) is 12.8 Å². The Morgan fingerprint density at radius 3 is 2.35 bits per heavy atom. The van der Waals surface area contributed by atoms with Gasteiger partial charge < -0.3 is 10.0 Å². The Morgan fingerprint density at radius 1 is 1.08 bits per heavy atom. The second-order valence-electron chi connectivity index (χ2n) is 6.72. The molecule has 0 saturated heterocycles. The molecule has 26 heavy (non-hydrogen) atoms. The smallest absolute Gasteiger partial charge is 0.335 e. The monoisotopic (exact) mass is 353 g/mol. The Hall–Kier alpha value is -2.62. The number of hydrogen-bond donors (Lipinski definition) is 1. The first-order valence-electron chi connectivity index (χ1n) is 9.04. The number of rotatable bonds is 8. The summed E-state index contributed by atoms with van der Waals surface area (Å²) in [4.78, 5) is 25.7. The van der Waals surface area contributed by atoms with Gasteiger partial charge in [-0.25, -0.2) is 4.79 Å². The summed E-state index contributed by atoms with van der Waals surface area (Å²) in [5, 5.41) is 9.25. The lowest BCUT2D eigenvalue weighted by atomic mass is 10.00. The van der Waals surface area contributed by atoms with Crippen LogP contribution in [0.5, 0.6) is 0 Å². The van der Waals surface area contributed by atoms with E-state index in [4.69, 9.17) is 0 Å². The quantitative estimate of drug-likeness (QED) is 0.777. The minimum absolute atomic E-state index is 0.0455. The first-order valence-corrected chi connectivity index (χ1v) is 9.04. The third-order valence-electron chi connectivity index (χ3n) is 4.86. The zero-order chi connectivity index (χ0) is 19.1. The molecule has 1 amide bonds. The number of likely N-dealkylation sites (N-methyl/N-ethyl adjacent to an activating group) is 1. The second kappa shape index (κ2) is 9.18. The number of nitrogens with zero attached hydrogens (tertiary/aromatic N) is 1. The normalized spacial score (nSPS) is 11.8. The van der Waals surface area contributed by atoms with Crippen LogP contribution in [0.4, 0.5) is 0 Å². The molecule has 2 rings (SSSR count). The summed E-state index contributed by atoms with van der Waals surface area (Å²) in [5.41, 5.74) is 3.42. The molecular weight excluding hydrogens is 326 g/mol. The van der Waals surface area contributed by atoms with Crippen molar-refractivity contribution in [1.29, 1.82) is 0 Å². The van der Waals surface area contributed by atoms with E-state index < -0.39 is 5.97 Å². The number of carboxylic acid groups (broad SMARTS) is 1. The van der Waals surface area contributed by atoms with Crippen LogP contribution in [0.1, 0.15) is 46.8 Å². The lowest BCUT2D eigenvalue weighted by molar-refractivity contribution is -0.132. The van der Waals surface area contributed by atoms with Crippen LogP contribution in [0, 0.1) is 6.92 Å². The van der Waals surface area contributed by atoms with Crippen molar-refractivity contribution >= 4 is 11.9 Å². The first-order chi connectivity index (χ1) is 12.4. The van der Waals surface area contributed by atoms with Crippen LogP contribution in [0.25, 0.3) is 0 Å². The number of aromatic carboxylic acids is 1. The summed E-state index contributed by atoms with van der Waals surface area (Å²) in [5.74, 6) is -0.906. The number of carbonyl (C=O) groups is 2. The van der Waals surface area contributed by atoms with Gasteiger partial charge in [-0.1, -0.05) is 55.0 Å². The van der Waals surface area contributed by atoms with Crippen molar-refractivity contribution < 1.29 is 14.7 Å². The van der Waals surface area contributed by atoms with Crippen molar-refractivity contribution in [3.05, 3.63) is 70.8 Å². The van der Waals surface area contributed by atoms with Crippen LogP contribution in [0.15, 0.2) is 48.5 Å². The highest BCUT2D eigenvalue weighted by molar-refractivity contribution is 5.89. The predicted octanol–water partition coefficient (Wildman–Crippen LogP) is 4.11. The highest BCUT2D eigenvalue weighted by atomic mass is 16.4. The van der Waals surface area contributed by atoms with E-state index in [9.17, 15) is 14.7 Å². The average molecular weight is 353 g/mol. The lowest BCUT2D eigenvalue weighted by Crippen LogP contribution is -2.38.